The van der Waals surface area contributed by atoms with Gasteiger partial charge in [0.25, 0.3) is 0 Å². The van der Waals surface area contributed by atoms with Crippen molar-refractivity contribution in [2.45, 2.75) is 12.3 Å². The van der Waals surface area contributed by atoms with Gasteiger partial charge >= 0.3 is 0 Å². The van der Waals surface area contributed by atoms with Gasteiger partial charge in [0.1, 0.15) is 11.7 Å². The molecule has 0 unspecified atom stereocenters. The number of hydrogen-bond donors (Lipinski definition) is 0. The van der Waals surface area contributed by atoms with E-state index in [4.69, 9.17) is 0 Å². The van der Waals surface area contributed by atoms with E-state index in [1.807, 2.05) is 30.3 Å². The molecule has 0 aliphatic carbocycles. The number of nitrogens with zero attached hydrogens (tertiary/aromatic N) is 1. The van der Waals surface area contributed by atoms with Crippen molar-refractivity contribution >= 4 is 11.7 Å². The van der Waals surface area contributed by atoms with Crippen LogP contribution in [0.15, 0.2) is 48.5 Å². The predicted octanol–water partition coefficient (Wildman–Crippen LogP) is 2.95. The molecule has 124 valence electrons. The van der Waals surface area contributed by atoms with Crippen LogP contribution in [-0.4, -0.2) is 30.2 Å². The fourth-order valence-electron chi connectivity index (χ4n) is 3.24. The van der Waals surface area contributed by atoms with Gasteiger partial charge in [0.2, 0.25) is 5.91 Å². The van der Waals surface area contributed by atoms with Crippen molar-refractivity contribution in [1.29, 1.82) is 0 Å². The van der Waals surface area contributed by atoms with Crippen LogP contribution in [0.3, 0.4) is 0 Å². The molecule has 2 aromatic rings. The molecule has 1 amide bonds. The molecule has 1 aliphatic rings. The summed E-state index contributed by atoms with van der Waals surface area (Å²) in [5.74, 6) is -3.81. The van der Waals surface area contributed by atoms with E-state index < -0.39 is 17.6 Å². The molecular weight excluding hydrogens is 312 g/mol. The van der Waals surface area contributed by atoms with Gasteiger partial charge in [-0.2, -0.15) is 0 Å². The average molecular weight is 329 g/mol. The molecule has 5 heteroatoms. The Kier molecular flexibility index (Phi) is 4.42. The zero-order valence-corrected chi connectivity index (χ0v) is 13.2. The molecule has 1 saturated heterocycles. The van der Waals surface area contributed by atoms with Crippen LogP contribution in [0.4, 0.5) is 8.78 Å². The number of carbonyl (C=O) groups excluding carboxylic acids is 2. The number of likely N-dealkylation sites (tertiary alicyclic amines) is 1. The molecule has 1 fully saturated rings. The van der Waals surface area contributed by atoms with Gasteiger partial charge < -0.3 is 4.90 Å². The van der Waals surface area contributed by atoms with E-state index in [9.17, 15) is 18.4 Å². The first kappa shape index (κ1) is 16.3. The molecule has 0 aromatic heterocycles. The van der Waals surface area contributed by atoms with Crippen LogP contribution in [-0.2, 0) is 16.0 Å². The third-order valence-electron chi connectivity index (χ3n) is 4.49. The third kappa shape index (κ3) is 2.94. The number of hydrogen-bond acceptors (Lipinski definition) is 2. The molecule has 24 heavy (non-hydrogen) atoms. The largest absolute Gasteiger partial charge is 0.344 e. The van der Waals surface area contributed by atoms with E-state index in [-0.39, 0.29) is 29.6 Å². The first-order chi connectivity index (χ1) is 11.5. The quantitative estimate of drug-likeness (QED) is 0.809. The van der Waals surface area contributed by atoms with E-state index in [1.165, 1.54) is 17.0 Å². The van der Waals surface area contributed by atoms with E-state index in [1.54, 1.807) is 7.05 Å². The number of rotatable bonds is 4. The van der Waals surface area contributed by atoms with E-state index in [2.05, 4.69) is 0 Å². The molecule has 0 radical (unpaired) electrons. The summed E-state index contributed by atoms with van der Waals surface area (Å²) >= 11 is 0. The Labute approximate surface area is 138 Å². The van der Waals surface area contributed by atoms with E-state index in [0.717, 1.165) is 11.6 Å². The summed E-state index contributed by atoms with van der Waals surface area (Å²) in [5.41, 5.74) is 0.877. The molecule has 0 spiro atoms. The molecule has 3 rings (SSSR count). The molecule has 2 atom stereocenters. The Morgan fingerprint density at radius 2 is 1.83 bits per heavy atom. The lowest BCUT2D eigenvalue weighted by atomic mass is 9.84. The van der Waals surface area contributed by atoms with Crippen molar-refractivity contribution in [1.82, 2.24) is 4.90 Å². The zero-order chi connectivity index (χ0) is 17.3. The van der Waals surface area contributed by atoms with Gasteiger partial charge in [-0.3, -0.25) is 9.59 Å². The first-order valence-electron chi connectivity index (χ1n) is 7.74. The highest BCUT2D eigenvalue weighted by atomic mass is 19.2. The van der Waals surface area contributed by atoms with Crippen LogP contribution in [0, 0.1) is 17.6 Å². The second-order valence-corrected chi connectivity index (χ2v) is 6.07. The molecule has 3 nitrogen and oxygen atoms in total. The number of benzene rings is 2. The molecule has 1 heterocycles. The Balaban J connectivity index is 1.88. The predicted molar refractivity (Wildman–Crippen MR) is 85.4 cm³/mol. The lowest BCUT2D eigenvalue weighted by Gasteiger charge is -2.16. The topological polar surface area (TPSA) is 37.4 Å². The van der Waals surface area contributed by atoms with Crippen LogP contribution < -0.4 is 0 Å². The molecular formula is C19H17F2NO2. The van der Waals surface area contributed by atoms with Gasteiger partial charge in [0.15, 0.2) is 11.6 Å². The van der Waals surface area contributed by atoms with Crippen molar-refractivity contribution in [3.8, 4) is 0 Å². The Morgan fingerprint density at radius 1 is 1.12 bits per heavy atom. The Hall–Kier alpha value is -2.56. The van der Waals surface area contributed by atoms with Crippen LogP contribution in [0.2, 0.25) is 0 Å². The van der Waals surface area contributed by atoms with Crippen LogP contribution >= 0.6 is 0 Å². The highest BCUT2D eigenvalue weighted by molar-refractivity contribution is 6.04. The molecule has 0 bridgehead atoms. The highest BCUT2D eigenvalue weighted by Gasteiger charge is 2.43. The molecule has 0 saturated carbocycles. The SMILES string of the molecule is CN1C[C@H](c2ccccc2)[C@@H](C(=O)Cc2cccc(F)c2F)C1=O. The fourth-order valence-corrected chi connectivity index (χ4v) is 3.24. The highest BCUT2D eigenvalue weighted by Crippen LogP contribution is 2.34. The van der Waals surface area contributed by atoms with Crippen LogP contribution in [0.1, 0.15) is 17.0 Å². The summed E-state index contributed by atoms with van der Waals surface area (Å²) in [6.45, 7) is 0.435. The normalized spacial score (nSPS) is 20.5. The summed E-state index contributed by atoms with van der Waals surface area (Å²) in [6, 6.07) is 13.1. The summed E-state index contributed by atoms with van der Waals surface area (Å²) in [4.78, 5) is 26.6. The molecule has 2 aromatic carbocycles. The van der Waals surface area contributed by atoms with Gasteiger partial charge in [0.05, 0.1) is 0 Å². The lowest BCUT2D eigenvalue weighted by molar-refractivity contribution is -0.136. The van der Waals surface area contributed by atoms with Gasteiger partial charge in [0, 0.05) is 25.9 Å². The average Bonchev–Trinajstić information content (AvgIpc) is 2.88. The zero-order valence-electron chi connectivity index (χ0n) is 13.2. The second-order valence-electron chi connectivity index (χ2n) is 6.07. The number of amides is 1. The van der Waals surface area contributed by atoms with Crippen molar-refractivity contribution in [2.75, 3.05) is 13.6 Å². The summed E-state index contributed by atoms with van der Waals surface area (Å²) in [6.07, 6.45) is -0.294. The standard InChI is InChI=1S/C19H17F2NO2/c1-22-11-14(12-6-3-2-4-7-12)17(19(22)24)16(23)10-13-8-5-9-15(20)18(13)21/h2-9,14,17H,10-11H2,1H3/t14-,17+/m1/s1. The number of Topliss-reactive ketones (excluding diaryl/α,β-unsaturated/α-hetero) is 1. The summed E-state index contributed by atoms with van der Waals surface area (Å²) in [7, 11) is 1.65. The second kappa shape index (κ2) is 6.51. The number of ketones is 1. The Bertz CT molecular complexity index is 776. The Morgan fingerprint density at radius 3 is 2.54 bits per heavy atom. The van der Waals surface area contributed by atoms with Gasteiger partial charge in [-0.25, -0.2) is 8.78 Å². The van der Waals surface area contributed by atoms with Gasteiger partial charge in [-0.05, 0) is 17.2 Å². The van der Waals surface area contributed by atoms with Crippen molar-refractivity contribution in [3.05, 3.63) is 71.3 Å². The first-order valence-corrected chi connectivity index (χ1v) is 7.74. The summed E-state index contributed by atoms with van der Waals surface area (Å²) in [5, 5.41) is 0. The van der Waals surface area contributed by atoms with E-state index in [0.29, 0.717) is 6.54 Å². The number of likely N-dealkylation sites (N-methyl/N-ethyl adjacent to an activating group) is 1. The lowest BCUT2D eigenvalue weighted by Crippen LogP contribution is -2.29. The minimum Gasteiger partial charge on any atom is -0.344 e. The molecule has 1 aliphatic heterocycles. The fraction of sp³-hybridized carbons (Fsp3) is 0.263. The van der Waals surface area contributed by atoms with Crippen LogP contribution in [0.5, 0.6) is 0 Å². The smallest absolute Gasteiger partial charge is 0.233 e. The van der Waals surface area contributed by atoms with Crippen molar-refractivity contribution in [3.63, 3.8) is 0 Å². The maximum absolute atomic E-state index is 13.8. The van der Waals surface area contributed by atoms with Gasteiger partial charge in [-0.15, -0.1) is 0 Å². The van der Waals surface area contributed by atoms with Crippen molar-refractivity contribution < 1.29 is 18.4 Å². The maximum atomic E-state index is 13.8. The van der Waals surface area contributed by atoms with Crippen LogP contribution in [0.25, 0.3) is 0 Å². The third-order valence-corrected chi connectivity index (χ3v) is 4.49. The monoisotopic (exact) mass is 329 g/mol. The minimum atomic E-state index is -1.03. The van der Waals surface area contributed by atoms with Gasteiger partial charge in [-0.1, -0.05) is 42.5 Å². The van der Waals surface area contributed by atoms with Crippen molar-refractivity contribution in [2.24, 2.45) is 5.92 Å². The van der Waals surface area contributed by atoms with E-state index >= 15 is 0 Å². The summed E-state index contributed by atoms with van der Waals surface area (Å²) < 4.78 is 27.1. The minimum absolute atomic E-state index is 0.0193. The molecule has 0 N–H and O–H groups in total. The maximum Gasteiger partial charge on any atom is 0.233 e. The number of halogens is 2. The number of carbonyl (C=O) groups is 2.